The Labute approximate surface area is 88.5 Å². The molecule has 1 aromatic carbocycles. The van der Waals surface area contributed by atoms with Gasteiger partial charge in [0.05, 0.1) is 11.1 Å². The van der Waals surface area contributed by atoms with Crippen LogP contribution in [0, 0.1) is 0 Å². The van der Waals surface area contributed by atoms with Crippen molar-refractivity contribution in [3.8, 4) is 0 Å². The Morgan fingerprint density at radius 3 is 2.60 bits per heavy atom. The van der Waals surface area contributed by atoms with Crippen molar-refractivity contribution >= 4 is 11.8 Å². The van der Waals surface area contributed by atoms with E-state index in [-0.39, 0.29) is 11.8 Å². The highest BCUT2D eigenvalue weighted by molar-refractivity contribution is 6.21. The molecule has 0 spiro atoms. The minimum atomic E-state index is -0.281. The molecule has 0 bridgehead atoms. The number of rotatable bonds is 3. The second kappa shape index (κ2) is 3.85. The van der Waals surface area contributed by atoms with E-state index in [0.717, 1.165) is 24.8 Å². The van der Waals surface area contributed by atoms with Crippen molar-refractivity contribution in [1.29, 1.82) is 0 Å². The van der Waals surface area contributed by atoms with Crippen molar-refractivity contribution in [2.75, 3.05) is 0 Å². The van der Waals surface area contributed by atoms with E-state index >= 15 is 0 Å². The number of hydrogen-bond donors (Lipinski definition) is 1. The molecular formula is C12H13NO2. The number of hydrogen-bond acceptors (Lipinski definition) is 2. The summed E-state index contributed by atoms with van der Waals surface area (Å²) in [5, 5.41) is 2.29. The molecule has 0 aliphatic carbocycles. The van der Waals surface area contributed by atoms with Crippen LogP contribution in [0.1, 0.15) is 46.0 Å². The van der Waals surface area contributed by atoms with Gasteiger partial charge in [-0.1, -0.05) is 19.4 Å². The first-order valence-corrected chi connectivity index (χ1v) is 5.21. The second-order valence-electron chi connectivity index (χ2n) is 3.77. The number of carbonyl (C=O) groups excluding carboxylic acids is 2. The largest absolute Gasteiger partial charge is 0.288 e. The molecule has 0 aromatic heterocycles. The van der Waals surface area contributed by atoms with E-state index in [4.69, 9.17) is 0 Å². The minimum Gasteiger partial charge on any atom is -0.288 e. The third-order valence-corrected chi connectivity index (χ3v) is 2.62. The van der Waals surface area contributed by atoms with Gasteiger partial charge >= 0.3 is 0 Å². The summed E-state index contributed by atoms with van der Waals surface area (Å²) < 4.78 is 0. The van der Waals surface area contributed by atoms with Gasteiger partial charge in [0.25, 0.3) is 11.8 Å². The van der Waals surface area contributed by atoms with E-state index in [1.807, 2.05) is 12.1 Å². The normalized spacial score (nSPS) is 13.9. The second-order valence-corrected chi connectivity index (χ2v) is 3.77. The van der Waals surface area contributed by atoms with Gasteiger partial charge in [-0.25, -0.2) is 0 Å². The van der Waals surface area contributed by atoms with Crippen molar-refractivity contribution in [2.45, 2.75) is 26.2 Å². The van der Waals surface area contributed by atoms with Crippen LogP contribution < -0.4 is 5.32 Å². The lowest BCUT2D eigenvalue weighted by Gasteiger charge is -2.01. The zero-order valence-corrected chi connectivity index (χ0v) is 8.67. The van der Waals surface area contributed by atoms with Crippen LogP contribution in [-0.4, -0.2) is 11.8 Å². The van der Waals surface area contributed by atoms with Crippen LogP contribution in [0.4, 0.5) is 0 Å². The molecule has 0 fully saturated rings. The molecule has 1 heterocycles. The molecule has 2 amide bonds. The third-order valence-electron chi connectivity index (χ3n) is 2.62. The molecule has 0 unspecified atom stereocenters. The molecule has 2 rings (SSSR count). The Bertz CT molecular complexity index is 424. The van der Waals surface area contributed by atoms with Crippen molar-refractivity contribution in [1.82, 2.24) is 5.32 Å². The quantitative estimate of drug-likeness (QED) is 0.763. The topological polar surface area (TPSA) is 46.2 Å². The Hall–Kier alpha value is -1.64. The van der Waals surface area contributed by atoms with E-state index in [1.54, 1.807) is 6.07 Å². The number of fused-ring (bicyclic) bond motifs is 1. The van der Waals surface area contributed by atoms with Gasteiger partial charge in [-0.2, -0.15) is 0 Å². The fourth-order valence-electron chi connectivity index (χ4n) is 1.75. The fourth-order valence-corrected chi connectivity index (χ4v) is 1.75. The predicted molar refractivity (Wildman–Crippen MR) is 56.9 cm³/mol. The van der Waals surface area contributed by atoms with Gasteiger partial charge in [0, 0.05) is 0 Å². The average Bonchev–Trinajstić information content (AvgIpc) is 2.52. The molecule has 1 aliphatic heterocycles. The van der Waals surface area contributed by atoms with Crippen molar-refractivity contribution in [3.63, 3.8) is 0 Å². The lowest BCUT2D eigenvalue weighted by molar-refractivity contribution is 0.0879. The van der Waals surface area contributed by atoms with Crippen LogP contribution in [0.2, 0.25) is 0 Å². The van der Waals surface area contributed by atoms with Crippen LogP contribution in [0.3, 0.4) is 0 Å². The molecule has 0 atom stereocenters. The van der Waals surface area contributed by atoms with Gasteiger partial charge in [-0.3, -0.25) is 14.9 Å². The first-order valence-electron chi connectivity index (χ1n) is 5.21. The molecule has 1 N–H and O–H groups in total. The molecule has 0 radical (unpaired) electrons. The first kappa shape index (κ1) is 9.90. The van der Waals surface area contributed by atoms with Crippen LogP contribution >= 0.6 is 0 Å². The zero-order valence-electron chi connectivity index (χ0n) is 8.67. The van der Waals surface area contributed by atoms with Crippen LogP contribution in [-0.2, 0) is 6.42 Å². The Morgan fingerprint density at radius 1 is 1.13 bits per heavy atom. The highest BCUT2D eigenvalue weighted by Gasteiger charge is 2.26. The van der Waals surface area contributed by atoms with E-state index < -0.39 is 0 Å². The molecule has 15 heavy (non-hydrogen) atoms. The number of benzene rings is 1. The number of unbranched alkanes of at least 4 members (excludes halogenated alkanes) is 1. The van der Waals surface area contributed by atoms with Gasteiger partial charge in [0.2, 0.25) is 0 Å². The predicted octanol–water partition coefficient (Wildman–Crippen LogP) is 1.91. The maximum atomic E-state index is 11.4. The lowest BCUT2D eigenvalue weighted by Crippen LogP contribution is -2.19. The molecule has 1 aromatic rings. The van der Waals surface area contributed by atoms with E-state index in [0.29, 0.717) is 11.1 Å². The van der Waals surface area contributed by atoms with Crippen molar-refractivity contribution < 1.29 is 9.59 Å². The lowest BCUT2D eigenvalue weighted by atomic mass is 10.0. The molecule has 78 valence electrons. The number of nitrogens with one attached hydrogen (secondary N) is 1. The summed E-state index contributed by atoms with van der Waals surface area (Å²) in [6.07, 6.45) is 3.20. The molecule has 3 nitrogen and oxygen atoms in total. The number of carbonyl (C=O) groups is 2. The Kier molecular flexibility index (Phi) is 2.54. The van der Waals surface area contributed by atoms with E-state index in [2.05, 4.69) is 12.2 Å². The first-order chi connectivity index (χ1) is 7.22. The molecule has 0 saturated heterocycles. The van der Waals surface area contributed by atoms with E-state index in [1.165, 1.54) is 0 Å². The van der Waals surface area contributed by atoms with Crippen LogP contribution in [0.15, 0.2) is 18.2 Å². The Balaban J connectivity index is 2.30. The summed E-state index contributed by atoms with van der Waals surface area (Å²) in [4.78, 5) is 22.6. The maximum absolute atomic E-state index is 11.4. The standard InChI is InChI=1S/C12H13NO2/c1-2-3-4-8-5-6-9-10(7-8)12(15)13-11(9)14/h5-7H,2-4H2,1H3,(H,13,14,15). The third kappa shape index (κ3) is 1.77. The zero-order chi connectivity index (χ0) is 10.8. The number of amides is 2. The smallest absolute Gasteiger partial charge is 0.258 e. The van der Waals surface area contributed by atoms with Crippen molar-refractivity contribution in [2.24, 2.45) is 0 Å². The SMILES string of the molecule is CCCCc1ccc2c(c1)C(=O)NC2=O. The van der Waals surface area contributed by atoms with E-state index in [9.17, 15) is 9.59 Å². The highest BCUT2D eigenvalue weighted by atomic mass is 16.2. The van der Waals surface area contributed by atoms with Crippen LogP contribution in [0.5, 0.6) is 0 Å². The Morgan fingerprint density at radius 2 is 1.87 bits per heavy atom. The molecule has 0 saturated carbocycles. The summed E-state index contributed by atoms with van der Waals surface area (Å²) in [6, 6.07) is 5.48. The molecule has 1 aliphatic rings. The number of aryl methyl sites for hydroxylation is 1. The van der Waals surface area contributed by atoms with Gasteiger partial charge in [-0.05, 0) is 30.5 Å². The maximum Gasteiger partial charge on any atom is 0.258 e. The highest BCUT2D eigenvalue weighted by Crippen LogP contribution is 2.18. The van der Waals surface area contributed by atoms with Gasteiger partial charge in [0.15, 0.2) is 0 Å². The summed E-state index contributed by atoms with van der Waals surface area (Å²) >= 11 is 0. The minimum absolute atomic E-state index is 0.270. The van der Waals surface area contributed by atoms with Gasteiger partial charge < -0.3 is 0 Å². The molecular weight excluding hydrogens is 190 g/mol. The fraction of sp³-hybridized carbons (Fsp3) is 0.333. The molecule has 3 heteroatoms. The van der Waals surface area contributed by atoms with Crippen molar-refractivity contribution in [3.05, 3.63) is 34.9 Å². The van der Waals surface area contributed by atoms with Crippen LogP contribution in [0.25, 0.3) is 0 Å². The summed E-state index contributed by atoms with van der Waals surface area (Å²) in [7, 11) is 0. The average molecular weight is 203 g/mol. The summed E-state index contributed by atoms with van der Waals surface area (Å²) in [5.74, 6) is -0.551. The summed E-state index contributed by atoms with van der Waals surface area (Å²) in [5.41, 5.74) is 2.15. The number of imide groups is 1. The monoisotopic (exact) mass is 203 g/mol. The van der Waals surface area contributed by atoms with Gasteiger partial charge in [0.1, 0.15) is 0 Å². The summed E-state index contributed by atoms with van der Waals surface area (Å²) in [6.45, 7) is 2.13. The van der Waals surface area contributed by atoms with Gasteiger partial charge in [-0.15, -0.1) is 0 Å².